The molecule has 0 aromatic rings. The third-order valence-corrected chi connectivity index (χ3v) is 5.16. The Kier molecular flexibility index (Phi) is 7.13. The molecule has 0 amide bonds. The van der Waals surface area contributed by atoms with E-state index in [1.807, 2.05) is 0 Å². The lowest BCUT2D eigenvalue weighted by Crippen LogP contribution is -2.53. The van der Waals surface area contributed by atoms with Crippen molar-refractivity contribution < 1.29 is 50.4 Å². The van der Waals surface area contributed by atoms with Gasteiger partial charge in [0.15, 0.2) is 11.2 Å². The summed E-state index contributed by atoms with van der Waals surface area (Å²) in [5.41, 5.74) is -3.78. The van der Waals surface area contributed by atoms with Gasteiger partial charge in [-0.1, -0.05) is 13.8 Å². The van der Waals surface area contributed by atoms with E-state index in [9.17, 15) is 40.2 Å². The first-order valence-electron chi connectivity index (χ1n) is 8.37. The lowest BCUT2D eigenvalue weighted by molar-refractivity contribution is -0.178. The maximum atomic E-state index is 10.6. The first kappa shape index (κ1) is 22.7. The largest absolute Gasteiger partial charge is 0.479 e. The number of carbonyl (C=O) groups is 2. The van der Waals surface area contributed by atoms with Crippen molar-refractivity contribution in [2.45, 2.75) is 75.1 Å². The highest BCUT2D eigenvalue weighted by Gasteiger charge is 2.48. The maximum absolute atomic E-state index is 10.6. The number of carboxylic acid groups (broad SMARTS) is 2. The molecule has 2 aliphatic carbocycles. The Hall–Kier alpha value is -1.30. The summed E-state index contributed by atoms with van der Waals surface area (Å²) in [6.07, 6.45) is -4.89. The van der Waals surface area contributed by atoms with Gasteiger partial charge in [0.25, 0.3) is 0 Å². The zero-order chi connectivity index (χ0) is 20.4. The fraction of sp³-hybridized carbons (Fsp3) is 0.875. The second-order valence-electron chi connectivity index (χ2n) is 7.56. The molecule has 10 heteroatoms. The molecule has 10 nitrogen and oxygen atoms in total. The van der Waals surface area contributed by atoms with E-state index in [1.165, 1.54) is 0 Å². The first-order valence-corrected chi connectivity index (χ1v) is 8.37. The van der Waals surface area contributed by atoms with E-state index >= 15 is 0 Å². The molecule has 26 heavy (non-hydrogen) atoms. The van der Waals surface area contributed by atoms with Gasteiger partial charge in [0.1, 0.15) is 0 Å². The van der Waals surface area contributed by atoms with Crippen molar-refractivity contribution in [2.24, 2.45) is 11.8 Å². The molecule has 0 aliphatic heterocycles. The van der Waals surface area contributed by atoms with E-state index < -0.39 is 59.4 Å². The topological polar surface area (TPSA) is 196 Å². The Balaban J connectivity index is 0.000000260. The number of carboxylic acids is 2. The fourth-order valence-corrected chi connectivity index (χ4v) is 3.51. The molecule has 0 aromatic heterocycles. The van der Waals surface area contributed by atoms with Crippen LogP contribution in [0.15, 0.2) is 0 Å². The lowest BCUT2D eigenvalue weighted by atomic mass is 9.75. The standard InChI is InChI=1S/2C8H14O5/c2*1-4-2-8(13,7(11)12)3-5(9)6(4)10/h2*4-6,9-10,13H,2-3H2,1H3,(H,11,12)/t4-,5-,6+,8-;/m1./s1. The van der Waals surface area contributed by atoms with Gasteiger partial charge >= 0.3 is 11.9 Å². The van der Waals surface area contributed by atoms with Crippen LogP contribution in [-0.4, -0.2) is 88.4 Å². The molecule has 0 spiro atoms. The Morgan fingerprint density at radius 3 is 1.15 bits per heavy atom. The number of hydrogen-bond donors (Lipinski definition) is 8. The third kappa shape index (κ3) is 4.90. The van der Waals surface area contributed by atoms with Gasteiger partial charge < -0.3 is 40.9 Å². The quantitative estimate of drug-likeness (QED) is 0.263. The highest BCUT2D eigenvalue weighted by molar-refractivity contribution is 5.77. The summed E-state index contributed by atoms with van der Waals surface area (Å²) in [7, 11) is 0. The second-order valence-corrected chi connectivity index (χ2v) is 7.56. The average Bonchev–Trinajstić information content (AvgIpc) is 2.50. The van der Waals surface area contributed by atoms with E-state index in [1.54, 1.807) is 13.8 Å². The fourth-order valence-electron chi connectivity index (χ4n) is 3.51. The van der Waals surface area contributed by atoms with Gasteiger partial charge in [-0.05, 0) is 24.7 Å². The SMILES string of the molecule is CC1CC(O)(C(=O)O)CC(O)C1O.C[C@@H]1C[C@](O)(C(=O)O)C[C@@H](O)[C@H]1O. The van der Waals surface area contributed by atoms with Crippen molar-refractivity contribution in [3.05, 3.63) is 0 Å². The van der Waals surface area contributed by atoms with Crippen LogP contribution in [0.3, 0.4) is 0 Å². The van der Waals surface area contributed by atoms with Crippen LogP contribution in [0.4, 0.5) is 0 Å². The number of aliphatic hydroxyl groups excluding tert-OH is 4. The van der Waals surface area contributed by atoms with Crippen LogP contribution >= 0.6 is 0 Å². The van der Waals surface area contributed by atoms with E-state index in [0.29, 0.717) is 0 Å². The normalized spacial score (nSPS) is 46.0. The smallest absolute Gasteiger partial charge is 0.335 e. The van der Waals surface area contributed by atoms with E-state index in [-0.39, 0.29) is 25.7 Å². The zero-order valence-corrected chi connectivity index (χ0v) is 14.7. The number of rotatable bonds is 2. The monoisotopic (exact) mass is 380 g/mol. The van der Waals surface area contributed by atoms with Crippen molar-refractivity contribution in [1.82, 2.24) is 0 Å². The van der Waals surface area contributed by atoms with Crippen molar-refractivity contribution in [3.63, 3.8) is 0 Å². The van der Waals surface area contributed by atoms with Crippen LogP contribution in [0.2, 0.25) is 0 Å². The van der Waals surface area contributed by atoms with Crippen molar-refractivity contribution in [3.8, 4) is 0 Å². The Morgan fingerprint density at radius 1 is 0.692 bits per heavy atom. The molecule has 2 fully saturated rings. The summed E-state index contributed by atoms with van der Waals surface area (Å²) in [5, 5.41) is 73.6. The maximum Gasteiger partial charge on any atom is 0.335 e. The van der Waals surface area contributed by atoms with Crippen molar-refractivity contribution in [1.29, 1.82) is 0 Å². The van der Waals surface area contributed by atoms with Gasteiger partial charge in [0, 0.05) is 12.8 Å². The molecule has 2 rings (SSSR count). The van der Waals surface area contributed by atoms with Gasteiger partial charge in [-0.3, -0.25) is 0 Å². The van der Waals surface area contributed by atoms with Gasteiger partial charge in [-0.15, -0.1) is 0 Å². The highest BCUT2D eigenvalue weighted by Crippen LogP contribution is 2.33. The molecule has 152 valence electrons. The summed E-state index contributed by atoms with van der Waals surface area (Å²) in [6.45, 7) is 3.20. The molecule has 0 saturated heterocycles. The van der Waals surface area contributed by atoms with Gasteiger partial charge in [-0.2, -0.15) is 0 Å². The molecule has 4 unspecified atom stereocenters. The predicted octanol–water partition coefficient (Wildman–Crippen LogP) is -2.09. The van der Waals surface area contributed by atoms with Crippen LogP contribution in [0.25, 0.3) is 0 Å². The molecule has 0 heterocycles. The van der Waals surface area contributed by atoms with Crippen LogP contribution in [0.1, 0.15) is 39.5 Å². The van der Waals surface area contributed by atoms with Crippen molar-refractivity contribution in [2.75, 3.05) is 0 Å². The Morgan fingerprint density at radius 2 is 0.962 bits per heavy atom. The second kappa shape index (κ2) is 8.15. The van der Waals surface area contributed by atoms with Crippen molar-refractivity contribution >= 4 is 11.9 Å². The molecule has 2 aliphatic rings. The Bertz CT molecular complexity index is 451. The molecule has 0 bridgehead atoms. The summed E-state index contributed by atoms with van der Waals surface area (Å²) < 4.78 is 0. The van der Waals surface area contributed by atoms with Crippen LogP contribution in [-0.2, 0) is 9.59 Å². The lowest BCUT2D eigenvalue weighted by Gasteiger charge is -2.38. The van der Waals surface area contributed by atoms with E-state index in [4.69, 9.17) is 10.2 Å². The molecular formula is C16H28O10. The van der Waals surface area contributed by atoms with Gasteiger partial charge in [0.05, 0.1) is 24.4 Å². The summed E-state index contributed by atoms with van der Waals surface area (Å²) in [4.78, 5) is 21.3. The molecule has 0 radical (unpaired) electrons. The summed E-state index contributed by atoms with van der Waals surface area (Å²) >= 11 is 0. The minimum absolute atomic E-state index is 0.0272. The molecule has 8 atom stereocenters. The number of aliphatic hydroxyl groups is 6. The number of aliphatic carboxylic acids is 2. The summed E-state index contributed by atoms with van der Waals surface area (Å²) in [5.74, 6) is -3.51. The highest BCUT2D eigenvalue weighted by atomic mass is 16.4. The summed E-state index contributed by atoms with van der Waals surface area (Å²) in [6, 6.07) is 0. The first-order chi connectivity index (χ1) is 11.7. The molecule has 2 saturated carbocycles. The number of hydrogen-bond acceptors (Lipinski definition) is 8. The van der Waals surface area contributed by atoms with Gasteiger partial charge in [0.2, 0.25) is 0 Å². The molecular weight excluding hydrogens is 352 g/mol. The van der Waals surface area contributed by atoms with Crippen LogP contribution < -0.4 is 0 Å². The minimum Gasteiger partial charge on any atom is -0.479 e. The zero-order valence-electron chi connectivity index (χ0n) is 14.7. The minimum atomic E-state index is -1.89. The van der Waals surface area contributed by atoms with E-state index in [0.717, 1.165) is 0 Å². The molecule has 0 aromatic carbocycles. The van der Waals surface area contributed by atoms with E-state index in [2.05, 4.69) is 0 Å². The third-order valence-electron chi connectivity index (χ3n) is 5.16. The predicted molar refractivity (Wildman–Crippen MR) is 86.0 cm³/mol. The Labute approximate surface area is 150 Å². The molecule has 8 N–H and O–H groups in total. The van der Waals surface area contributed by atoms with Gasteiger partial charge in [-0.25, -0.2) is 9.59 Å². The van der Waals surface area contributed by atoms with Crippen LogP contribution in [0, 0.1) is 11.8 Å². The van der Waals surface area contributed by atoms with Crippen LogP contribution in [0.5, 0.6) is 0 Å². The average molecular weight is 380 g/mol.